The fraction of sp³-hybridized carbons (Fsp3) is 0.417. The summed E-state index contributed by atoms with van der Waals surface area (Å²) in [5, 5.41) is 2.85. The molecule has 1 unspecified atom stereocenters. The van der Waals surface area contributed by atoms with E-state index in [4.69, 9.17) is 4.74 Å². The van der Waals surface area contributed by atoms with E-state index in [1.807, 2.05) is 12.1 Å². The van der Waals surface area contributed by atoms with Crippen molar-refractivity contribution in [2.24, 2.45) is 0 Å². The third kappa shape index (κ3) is 1.94. The Morgan fingerprint density at radius 1 is 1.44 bits per heavy atom. The maximum absolute atomic E-state index is 11.5. The van der Waals surface area contributed by atoms with Crippen LogP contribution in [0.3, 0.4) is 0 Å². The number of ether oxygens (including phenoxy) is 1. The highest BCUT2D eigenvalue weighted by molar-refractivity contribution is 9.10. The molecule has 16 heavy (non-hydrogen) atoms. The molecule has 0 saturated heterocycles. The zero-order valence-electron chi connectivity index (χ0n) is 9.50. The molecule has 0 bridgehead atoms. The number of amides is 1. The van der Waals surface area contributed by atoms with Crippen molar-refractivity contribution in [1.82, 2.24) is 0 Å². The van der Waals surface area contributed by atoms with Gasteiger partial charge in [-0.1, -0.05) is 29.8 Å². The van der Waals surface area contributed by atoms with E-state index in [0.717, 1.165) is 21.5 Å². The van der Waals surface area contributed by atoms with Crippen molar-refractivity contribution in [3.8, 4) is 5.75 Å². The molecule has 1 heterocycles. The second-order valence-electron chi connectivity index (χ2n) is 4.28. The number of benzene rings is 1. The van der Waals surface area contributed by atoms with Crippen LogP contribution in [0, 0.1) is 0 Å². The minimum atomic E-state index is -0.425. The Balaban J connectivity index is 2.54. The van der Waals surface area contributed by atoms with Crippen LogP contribution in [0.4, 0.5) is 5.69 Å². The van der Waals surface area contributed by atoms with Crippen molar-refractivity contribution >= 4 is 27.5 Å². The normalized spacial score (nSPS) is 19.1. The van der Waals surface area contributed by atoms with Gasteiger partial charge in [0.25, 0.3) is 5.91 Å². The molecule has 4 heteroatoms. The van der Waals surface area contributed by atoms with Gasteiger partial charge < -0.3 is 10.1 Å². The summed E-state index contributed by atoms with van der Waals surface area (Å²) in [4.78, 5) is 11.5. The average molecular weight is 284 g/mol. The number of rotatable bonds is 1. The number of anilines is 1. The summed E-state index contributed by atoms with van der Waals surface area (Å²) >= 11 is 3.44. The summed E-state index contributed by atoms with van der Waals surface area (Å²) in [7, 11) is 0. The Bertz CT molecular complexity index is 443. The molecule has 1 amide bonds. The van der Waals surface area contributed by atoms with Crippen molar-refractivity contribution in [3.05, 3.63) is 22.2 Å². The zero-order valence-corrected chi connectivity index (χ0v) is 11.1. The molecule has 0 aromatic heterocycles. The van der Waals surface area contributed by atoms with Gasteiger partial charge in [0.15, 0.2) is 6.10 Å². The molecule has 1 aromatic rings. The number of fused-ring (bicyclic) bond motifs is 1. The first-order chi connectivity index (χ1) is 7.49. The van der Waals surface area contributed by atoms with Gasteiger partial charge in [-0.25, -0.2) is 0 Å². The van der Waals surface area contributed by atoms with E-state index in [1.165, 1.54) is 0 Å². The quantitative estimate of drug-likeness (QED) is 0.859. The van der Waals surface area contributed by atoms with Crippen LogP contribution >= 0.6 is 15.9 Å². The Morgan fingerprint density at radius 2 is 2.12 bits per heavy atom. The van der Waals surface area contributed by atoms with Crippen LogP contribution in [-0.2, 0) is 4.79 Å². The van der Waals surface area contributed by atoms with E-state index in [0.29, 0.717) is 5.92 Å². The molecule has 1 aliphatic heterocycles. The second kappa shape index (κ2) is 4.09. The highest BCUT2D eigenvalue weighted by Gasteiger charge is 2.26. The van der Waals surface area contributed by atoms with Crippen LogP contribution in [0.1, 0.15) is 32.3 Å². The highest BCUT2D eigenvalue weighted by Crippen LogP contribution is 2.39. The van der Waals surface area contributed by atoms with Gasteiger partial charge >= 0.3 is 0 Å². The van der Waals surface area contributed by atoms with E-state index in [2.05, 4.69) is 35.1 Å². The summed E-state index contributed by atoms with van der Waals surface area (Å²) in [5.41, 5.74) is 1.86. The number of carbonyl (C=O) groups is 1. The fourth-order valence-corrected chi connectivity index (χ4v) is 2.21. The average Bonchev–Trinajstić information content (AvgIpc) is 2.19. The third-order valence-corrected chi connectivity index (χ3v) is 3.08. The minimum absolute atomic E-state index is 0.0969. The molecule has 0 radical (unpaired) electrons. The molecule has 2 rings (SSSR count). The molecule has 3 nitrogen and oxygen atoms in total. The smallest absolute Gasteiger partial charge is 0.265 e. The lowest BCUT2D eigenvalue weighted by atomic mass is 10.0. The monoisotopic (exact) mass is 283 g/mol. The van der Waals surface area contributed by atoms with Gasteiger partial charge in [0.05, 0.1) is 5.69 Å². The van der Waals surface area contributed by atoms with Crippen LogP contribution in [0.15, 0.2) is 16.6 Å². The molecule has 0 saturated carbocycles. The van der Waals surface area contributed by atoms with Gasteiger partial charge in [0.2, 0.25) is 0 Å². The van der Waals surface area contributed by atoms with Crippen molar-refractivity contribution in [2.75, 3.05) is 5.32 Å². The van der Waals surface area contributed by atoms with Gasteiger partial charge in [-0.3, -0.25) is 4.79 Å². The number of nitrogens with one attached hydrogen (secondary N) is 1. The molecular formula is C12H14BrNO2. The summed E-state index contributed by atoms with van der Waals surface area (Å²) in [6.45, 7) is 5.96. The lowest BCUT2D eigenvalue weighted by Gasteiger charge is -2.26. The molecular weight excluding hydrogens is 270 g/mol. The minimum Gasteiger partial charge on any atom is -0.478 e. The van der Waals surface area contributed by atoms with Gasteiger partial charge in [0.1, 0.15) is 5.75 Å². The molecule has 86 valence electrons. The van der Waals surface area contributed by atoms with E-state index in [-0.39, 0.29) is 5.91 Å². The molecule has 1 N–H and O–H groups in total. The number of halogens is 1. The zero-order chi connectivity index (χ0) is 11.9. The fourth-order valence-electron chi connectivity index (χ4n) is 1.73. The lowest BCUT2D eigenvalue weighted by molar-refractivity contribution is -0.122. The van der Waals surface area contributed by atoms with Crippen LogP contribution in [0.2, 0.25) is 0 Å². The number of hydrogen-bond acceptors (Lipinski definition) is 2. The first kappa shape index (κ1) is 11.5. The SMILES string of the molecule is CC1Oc2c(cc(Br)cc2C(C)C)NC1=O. The van der Waals surface area contributed by atoms with Crippen LogP contribution in [-0.4, -0.2) is 12.0 Å². The number of hydrogen-bond donors (Lipinski definition) is 1. The van der Waals surface area contributed by atoms with Crippen molar-refractivity contribution in [2.45, 2.75) is 32.8 Å². The molecule has 0 fully saturated rings. The van der Waals surface area contributed by atoms with Crippen LogP contribution in [0.25, 0.3) is 0 Å². The van der Waals surface area contributed by atoms with Crippen molar-refractivity contribution < 1.29 is 9.53 Å². The largest absolute Gasteiger partial charge is 0.478 e. The standard InChI is InChI=1S/C12H14BrNO2/c1-6(2)9-4-8(13)5-10-11(9)16-7(3)12(15)14-10/h4-7H,1-3H3,(H,14,15). The van der Waals surface area contributed by atoms with E-state index < -0.39 is 6.10 Å². The second-order valence-corrected chi connectivity index (χ2v) is 5.19. The third-order valence-electron chi connectivity index (χ3n) is 2.63. The molecule has 1 aromatic carbocycles. The Labute approximate surface area is 103 Å². The van der Waals surface area contributed by atoms with Crippen LogP contribution < -0.4 is 10.1 Å². The van der Waals surface area contributed by atoms with Crippen LogP contribution in [0.5, 0.6) is 5.75 Å². The first-order valence-corrected chi connectivity index (χ1v) is 6.09. The molecule has 0 spiro atoms. The van der Waals surface area contributed by atoms with Crippen molar-refractivity contribution in [1.29, 1.82) is 0 Å². The summed E-state index contributed by atoms with van der Waals surface area (Å²) < 4.78 is 6.61. The van der Waals surface area contributed by atoms with E-state index >= 15 is 0 Å². The first-order valence-electron chi connectivity index (χ1n) is 5.30. The van der Waals surface area contributed by atoms with Gasteiger partial charge in [-0.15, -0.1) is 0 Å². The summed E-state index contributed by atoms with van der Waals surface area (Å²) in [6, 6.07) is 3.90. The van der Waals surface area contributed by atoms with E-state index in [1.54, 1.807) is 6.92 Å². The molecule has 1 atom stereocenters. The van der Waals surface area contributed by atoms with Gasteiger partial charge in [-0.05, 0) is 30.5 Å². The Kier molecular flexibility index (Phi) is 2.93. The predicted octanol–water partition coefficient (Wildman–Crippen LogP) is 3.29. The van der Waals surface area contributed by atoms with Crippen molar-refractivity contribution in [3.63, 3.8) is 0 Å². The van der Waals surface area contributed by atoms with E-state index in [9.17, 15) is 4.79 Å². The molecule has 0 aliphatic carbocycles. The maximum atomic E-state index is 11.5. The van der Waals surface area contributed by atoms with Gasteiger partial charge in [0, 0.05) is 4.47 Å². The topological polar surface area (TPSA) is 38.3 Å². The molecule has 1 aliphatic rings. The van der Waals surface area contributed by atoms with Gasteiger partial charge in [-0.2, -0.15) is 0 Å². The lowest BCUT2D eigenvalue weighted by Crippen LogP contribution is -2.34. The number of carbonyl (C=O) groups excluding carboxylic acids is 1. The summed E-state index contributed by atoms with van der Waals surface area (Å²) in [5.74, 6) is 1.05. The highest BCUT2D eigenvalue weighted by atomic mass is 79.9. The Hall–Kier alpha value is -1.03. The maximum Gasteiger partial charge on any atom is 0.265 e. The Morgan fingerprint density at radius 3 is 2.75 bits per heavy atom. The predicted molar refractivity (Wildman–Crippen MR) is 67.0 cm³/mol. The summed E-state index contributed by atoms with van der Waals surface area (Å²) in [6.07, 6.45) is -0.425.